The van der Waals surface area contributed by atoms with Crippen molar-refractivity contribution in [2.45, 2.75) is 85.2 Å². The monoisotopic (exact) mass is 476 g/mol. The summed E-state index contributed by atoms with van der Waals surface area (Å²) in [4.78, 5) is 0. The minimum atomic E-state index is -0.822. The maximum Gasteiger partial charge on any atom is 0.120 e. The van der Waals surface area contributed by atoms with E-state index < -0.39 is 5.60 Å². The van der Waals surface area contributed by atoms with Crippen molar-refractivity contribution in [2.24, 2.45) is 0 Å². The topological polar surface area (TPSA) is 69.9 Å². The number of aliphatic hydroxyl groups is 3. The summed E-state index contributed by atoms with van der Waals surface area (Å²) in [5.74, 6) is 0.768. The highest BCUT2D eigenvalue weighted by atomic mass is 16.5. The largest absolute Gasteiger partial charge is 0.489 e. The molecule has 0 amide bonds. The van der Waals surface area contributed by atoms with Crippen LogP contribution < -0.4 is 4.74 Å². The number of rotatable bonds is 9. The van der Waals surface area contributed by atoms with Crippen LogP contribution in [0.3, 0.4) is 0 Å². The summed E-state index contributed by atoms with van der Waals surface area (Å²) in [6.45, 7) is 12.9. The fourth-order valence-electron chi connectivity index (χ4n) is 4.57. The molecule has 0 bridgehead atoms. The van der Waals surface area contributed by atoms with Crippen LogP contribution in [0, 0.1) is 6.92 Å². The van der Waals surface area contributed by atoms with Gasteiger partial charge in [-0.05, 0) is 87.9 Å². The molecule has 0 radical (unpaired) electrons. The molecule has 0 spiro atoms. The van der Waals surface area contributed by atoms with Gasteiger partial charge in [0.05, 0.1) is 18.8 Å². The summed E-state index contributed by atoms with van der Waals surface area (Å²) in [5.41, 5.74) is 7.03. The normalized spacial score (nSPS) is 12.1. The first-order valence-electron chi connectivity index (χ1n) is 12.5. The van der Waals surface area contributed by atoms with Crippen molar-refractivity contribution in [1.29, 1.82) is 0 Å². The number of aryl methyl sites for hydroxylation is 1. The molecule has 4 nitrogen and oxygen atoms in total. The molecule has 4 heteroatoms. The van der Waals surface area contributed by atoms with Crippen LogP contribution in [0.1, 0.15) is 80.8 Å². The Kier molecular flexibility index (Phi) is 8.42. The average molecular weight is 477 g/mol. The Bertz CT molecular complexity index is 1150. The third-order valence-corrected chi connectivity index (χ3v) is 7.05. The van der Waals surface area contributed by atoms with E-state index in [-0.39, 0.29) is 18.6 Å². The van der Waals surface area contributed by atoms with Crippen molar-refractivity contribution < 1.29 is 20.1 Å². The Balaban J connectivity index is 1.97. The molecule has 35 heavy (non-hydrogen) atoms. The quantitative estimate of drug-likeness (QED) is 0.328. The number of hydrogen-bond acceptors (Lipinski definition) is 4. The fourth-order valence-corrected chi connectivity index (χ4v) is 4.57. The summed E-state index contributed by atoms with van der Waals surface area (Å²) in [5, 5.41) is 30.2. The number of benzene rings is 3. The van der Waals surface area contributed by atoms with Gasteiger partial charge in [-0.25, -0.2) is 0 Å². The third kappa shape index (κ3) is 5.95. The van der Waals surface area contributed by atoms with E-state index in [2.05, 4.69) is 58.0 Å². The van der Waals surface area contributed by atoms with E-state index in [1.807, 2.05) is 38.1 Å². The van der Waals surface area contributed by atoms with Crippen molar-refractivity contribution in [2.75, 3.05) is 0 Å². The van der Waals surface area contributed by atoms with Crippen LogP contribution in [0.25, 0.3) is 11.1 Å². The van der Waals surface area contributed by atoms with Gasteiger partial charge in [-0.15, -0.1) is 0 Å². The van der Waals surface area contributed by atoms with Crippen LogP contribution in [0.4, 0.5) is 0 Å². The van der Waals surface area contributed by atoms with Crippen LogP contribution in [-0.4, -0.2) is 15.3 Å². The summed E-state index contributed by atoms with van der Waals surface area (Å²) >= 11 is 0. The van der Waals surface area contributed by atoms with Gasteiger partial charge in [-0.1, -0.05) is 71.0 Å². The van der Waals surface area contributed by atoms with Crippen molar-refractivity contribution in [3.8, 4) is 16.9 Å². The molecule has 0 aliphatic carbocycles. The molecule has 3 aromatic rings. The second kappa shape index (κ2) is 10.9. The predicted octanol–water partition coefficient (Wildman–Crippen LogP) is 6.53. The highest BCUT2D eigenvalue weighted by Gasteiger charge is 2.28. The highest BCUT2D eigenvalue weighted by molar-refractivity contribution is 5.73. The number of ether oxygens (including phenoxy) is 1. The Morgan fingerprint density at radius 2 is 1.46 bits per heavy atom. The zero-order valence-electron chi connectivity index (χ0n) is 22.0. The predicted molar refractivity (Wildman–Crippen MR) is 142 cm³/mol. The van der Waals surface area contributed by atoms with Gasteiger partial charge >= 0.3 is 0 Å². The first-order chi connectivity index (χ1) is 16.6. The number of hydrogen-bond donors (Lipinski definition) is 3. The lowest BCUT2D eigenvalue weighted by Crippen LogP contribution is -2.25. The molecule has 3 N–H and O–H groups in total. The van der Waals surface area contributed by atoms with E-state index in [0.717, 1.165) is 39.1 Å². The molecule has 0 aliphatic heterocycles. The van der Waals surface area contributed by atoms with Crippen molar-refractivity contribution in [3.63, 3.8) is 0 Å². The lowest BCUT2D eigenvalue weighted by Gasteiger charge is -2.30. The number of aliphatic hydroxyl groups excluding tert-OH is 2. The van der Waals surface area contributed by atoms with Gasteiger partial charge in [0.1, 0.15) is 12.4 Å². The maximum atomic E-state index is 11.1. The molecule has 3 aromatic carbocycles. The first kappa shape index (κ1) is 26.9. The van der Waals surface area contributed by atoms with Crippen LogP contribution >= 0.6 is 0 Å². The molecule has 0 aromatic heterocycles. The van der Waals surface area contributed by atoms with Crippen molar-refractivity contribution >= 4 is 0 Å². The Morgan fingerprint density at radius 3 is 2.06 bits per heavy atom. The summed E-state index contributed by atoms with van der Waals surface area (Å²) in [7, 11) is 0. The lowest BCUT2D eigenvalue weighted by atomic mass is 9.77. The van der Waals surface area contributed by atoms with E-state index in [4.69, 9.17) is 4.74 Å². The van der Waals surface area contributed by atoms with E-state index in [9.17, 15) is 15.3 Å². The SMILES string of the molecule is CCC(O)(CC)c1ccc(-c2cc(OCc3ccc(CO)c(CO)c3)ccc2C)c(C(C)(C)C)c1. The van der Waals surface area contributed by atoms with Gasteiger partial charge in [0.2, 0.25) is 0 Å². The average Bonchev–Trinajstić information content (AvgIpc) is 2.86. The molecule has 3 rings (SSSR count). The summed E-state index contributed by atoms with van der Waals surface area (Å²) < 4.78 is 6.14. The van der Waals surface area contributed by atoms with E-state index >= 15 is 0 Å². The second-order valence-electron chi connectivity index (χ2n) is 10.4. The smallest absolute Gasteiger partial charge is 0.120 e. The van der Waals surface area contributed by atoms with Crippen LogP contribution in [0.15, 0.2) is 54.6 Å². The third-order valence-electron chi connectivity index (χ3n) is 7.05. The Morgan fingerprint density at radius 1 is 0.771 bits per heavy atom. The highest BCUT2D eigenvalue weighted by Crippen LogP contribution is 2.40. The maximum absolute atomic E-state index is 11.1. The second-order valence-corrected chi connectivity index (χ2v) is 10.4. The van der Waals surface area contributed by atoms with Crippen LogP contribution in [0.5, 0.6) is 5.75 Å². The van der Waals surface area contributed by atoms with Crippen LogP contribution in [-0.2, 0) is 30.8 Å². The molecule has 0 saturated heterocycles. The molecule has 0 heterocycles. The first-order valence-corrected chi connectivity index (χ1v) is 12.5. The molecule has 0 fully saturated rings. The Hall–Kier alpha value is -2.66. The fraction of sp³-hybridized carbons (Fsp3) is 0.419. The zero-order valence-corrected chi connectivity index (χ0v) is 22.0. The van der Waals surface area contributed by atoms with Gasteiger partial charge in [-0.3, -0.25) is 0 Å². The molecular weight excluding hydrogens is 436 g/mol. The van der Waals surface area contributed by atoms with Gasteiger partial charge in [0, 0.05) is 0 Å². The molecule has 188 valence electrons. The summed E-state index contributed by atoms with van der Waals surface area (Å²) in [6, 6.07) is 18.1. The molecule has 0 unspecified atom stereocenters. The van der Waals surface area contributed by atoms with Gasteiger partial charge in [-0.2, -0.15) is 0 Å². The van der Waals surface area contributed by atoms with E-state index in [0.29, 0.717) is 25.0 Å². The van der Waals surface area contributed by atoms with Crippen LogP contribution in [0.2, 0.25) is 0 Å². The minimum Gasteiger partial charge on any atom is -0.489 e. The minimum absolute atomic E-state index is 0.0961. The van der Waals surface area contributed by atoms with Crippen molar-refractivity contribution in [3.05, 3.63) is 88.0 Å². The zero-order chi connectivity index (χ0) is 25.8. The van der Waals surface area contributed by atoms with Gasteiger partial charge in [0.15, 0.2) is 0 Å². The molecule has 0 aliphatic rings. The molecule has 0 atom stereocenters. The van der Waals surface area contributed by atoms with E-state index in [1.165, 1.54) is 5.56 Å². The van der Waals surface area contributed by atoms with E-state index in [1.54, 1.807) is 0 Å². The standard InChI is InChI=1S/C31H40O4/c1-7-31(34,8-2)25-12-14-27(29(16-25)30(4,5)6)28-17-26(13-9-21(28)3)35-20-22-10-11-23(18-32)24(15-22)19-33/h9-17,32-34H,7-8,18-20H2,1-6H3. The van der Waals surface area contributed by atoms with Gasteiger partial charge in [0.25, 0.3) is 0 Å². The van der Waals surface area contributed by atoms with Gasteiger partial charge < -0.3 is 20.1 Å². The van der Waals surface area contributed by atoms with Crippen molar-refractivity contribution in [1.82, 2.24) is 0 Å². The lowest BCUT2D eigenvalue weighted by molar-refractivity contribution is 0.0283. The molecule has 0 saturated carbocycles. The Labute approximate surface area is 210 Å². The summed E-state index contributed by atoms with van der Waals surface area (Å²) in [6.07, 6.45) is 1.35. The molecular formula is C31H40O4.